The summed E-state index contributed by atoms with van der Waals surface area (Å²) in [4.78, 5) is 14.7. The Morgan fingerprint density at radius 1 is 0.774 bits per heavy atom. The lowest BCUT2D eigenvalue weighted by molar-refractivity contribution is -0.135. The topological polar surface area (TPSA) is 57.2 Å². The van der Waals surface area contributed by atoms with E-state index in [-0.39, 0.29) is 11.7 Å². The van der Waals surface area contributed by atoms with Gasteiger partial charge in [0, 0.05) is 5.69 Å². The van der Waals surface area contributed by atoms with Gasteiger partial charge in [-0.05, 0) is 66.2 Å². The van der Waals surface area contributed by atoms with Gasteiger partial charge in [-0.15, -0.1) is 0 Å². The Morgan fingerprint density at radius 2 is 1.42 bits per heavy atom. The standard InChI is InChI=1S/C24H22FNO5/c1-28-18-9-11-19(12-10-18)31-23-22(15-4-13-20(29-2)21(14-15)30-3)26(24(23)27)17-7-5-16(25)6-8-17/h4-14,22-23H,1-3H3/t22-,23+/m1/s1. The SMILES string of the molecule is COc1ccc(O[C@@H]2C(=O)N(c3ccc(F)cc3)[C@@H]2c2ccc(OC)c(OC)c2)cc1. The van der Waals surface area contributed by atoms with Gasteiger partial charge in [0.05, 0.1) is 21.3 Å². The minimum absolute atomic E-state index is 0.220. The monoisotopic (exact) mass is 423 g/mol. The lowest BCUT2D eigenvalue weighted by atomic mass is 9.89. The van der Waals surface area contributed by atoms with E-state index in [0.29, 0.717) is 28.7 Å². The van der Waals surface area contributed by atoms with Crippen molar-refractivity contribution in [2.24, 2.45) is 0 Å². The molecule has 160 valence electrons. The highest BCUT2D eigenvalue weighted by atomic mass is 19.1. The molecule has 0 saturated carbocycles. The van der Waals surface area contributed by atoms with Crippen molar-refractivity contribution >= 4 is 11.6 Å². The molecule has 2 atom stereocenters. The molecule has 3 aromatic rings. The van der Waals surface area contributed by atoms with Gasteiger partial charge in [-0.3, -0.25) is 9.69 Å². The molecule has 0 bridgehead atoms. The third kappa shape index (κ3) is 3.86. The number of methoxy groups -OCH3 is 3. The van der Waals surface area contributed by atoms with Gasteiger partial charge in [-0.2, -0.15) is 0 Å². The summed E-state index contributed by atoms with van der Waals surface area (Å²) in [6.07, 6.45) is -0.753. The van der Waals surface area contributed by atoms with Crippen molar-refractivity contribution in [2.75, 3.05) is 26.2 Å². The molecular formula is C24H22FNO5. The quantitative estimate of drug-likeness (QED) is 0.528. The fraction of sp³-hybridized carbons (Fsp3) is 0.208. The molecule has 1 saturated heterocycles. The highest BCUT2D eigenvalue weighted by Gasteiger charge is 2.51. The molecule has 1 aliphatic heterocycles. The van der Waals surface area contributed by atoms with Gasteiger partial charge in [-0.25, -0.2) is 4.39 Å². The van der Waals surface area contributed by atoms with Crippen molar-refractivity contribution < 1.29 is 28.1 Å². The molecule has 0 aromatic heterocycles. The zero-order valence-corrected chi connectivity index (χ0v) is 17.4. The number of ether oxygens (including phenoxy) is 4. The van der Waals surface area contributed by atoms with E-state index < -0.39 is 12.1 Å². The Balaban J connectivity index is 1.70. The minimum atomic E-state index is -0.753. The van der Waals surface area contributed by atoms with Crippen LogP contribution >= 0.6 is 0 Å². The van der Waals surface area contributed by atoms with E-state index in [4.69, 9.17) is 18.9 Å². The molecule has 1 aliphatic rings. The van der Waals surface area contributed by atoms with Crippen LogP contribution in [0.3, 0.4) is 0 Å². The van der Waals surface area contributed by atoms with Crippen molar-refractivity contribution in [3.05, 3.63) is 78.1 Å². The Kier molecular flexibility index (Phi) is 5.66. The summed E-state index contributed by atoms with van der Waals surface area (Å²) < 4.78 is 35.4. The lowest BCUT2D eigenvalue weighted by Gasteiger charge is -2.46. The molecule has 0 radical (unpaired) electrons. The highest BCUT2D eigenvalue weighted by molar-refractivity contribution is 6.05. The summed E-state index contributed by atoms with van der Waals surface area (Å²) >= 11 is 0. The average Bonchev–Trinajstić information content (AvgIpc) is 2.81. The van der Waals surface area contributed by atoms with E-state index >= 15 is 0 Å². The zero-order valence-electron chi connectivity index (χ0n) is 17.4. The fourth-order valence-corrected chi connectivity index (χ4v) is 3.63. The predicted molar refractivity (Wildman–Crippen MR) is 114 cm³/mol. The maximum Gasteiger partial charge on any atom is 0.271 e. The van der Waals surface area contributed by atoms with Crippen molar-refractivity contribution in [3.8, 4) is 23.0 Å². The Morgan fingerprint density at radius 3 is 2.03 bits per heavy atom. The van der Waals surface area contributed by atoms with Crippen molar-refractivity contribution in [3.63, 3.8) is 0 Å². The molecule has 0 unspecified atom stereocenters. The van der Waals surface area contributed by atoms with Crippen LogP contribution in [0.25, 0.3) is 0 Å². The molecule has 0 spiro atoms. The van der Waals surface area contributed by atoms with Crippen molar-refractivity contribution in [2.45, 2.75) is 12.1 Å². The van der Waals surface area contributed by atoms with Crippen LogP contribution in [0, 0.1) is 5.82 Å². The second kappa shape index (κ2) is 8.55. The average molecular weight is 423 g/mol. The third-order valence-electron chi connectivity index (χ3n) is 5.22. The number of hydrogen-bond donors (Lipinski definition) is 0. The summed E-state index contributed by atoms with van der Waals surface area (Å²) in [6.45, 7) is 0. The number of carbonyl (C=O) groups is 1. The maximum absolute atomic E-state index is 13.4. The molecule has 31 heavy (non-hydrogen) atoms. The van der Waals surface area contributed by atoms with Crippen LogP contribution in [0.5, 0.6) is 23.0 Å². The number of anilines is 1. The van der Waals surface area contributed by atoms with Crippen LogP contribution in [-0.4, -0.2) is 33.3 Å². The van der Waals surface area contributed by atoms with Crippen molar-refractivity contribution in [1.82, 2.24) is 0 Å². The highest BCUT2D eigenvalue weighted by Crippen LogP contribution is 2.43. The molecule has 1 amide bonds. The molecule has 6 nitrogen and oxygen atoms in total. The third-order valence-corrected chi connectivity index (χ3v) is 5.22. The van der Waals surface area contributed by atoms with Gasteiger partial charge in [0.25, 0.3) is 5.91 Å². The van der Waals surface area contributed by atoms with Crippen LogP contribution in [0.2, 0.25) is 0 Å². The van der Waals surface area contributed by atoms with E-state index in [1.165, 1.54) is 12.1 Å². The van der Waals surface area contributed by atoms with E-state index in [9.17, 15) is 9.18 Å². The Bertz CT molecular complexity index is 1070. The molecule has 3 aromatic carbocycles. The number of carbonyl (C=O) groups excluding carboxylic acids is 1. The van der Waals surface area contributed by atoms with Gasteiger partial charge in [0.1, 0.15) is 23.4 Å². The first-order chi connectivity index (χ1) is 15.0. The summed E-state index contributed by atoms with van der Waals surface area (Å²) in [6, 6.07) is 17.9. The first kappa shape index (κ1) is 20.5. The van der Waals surface area contributed by atoms with Crippen LogP contribution < -0.4 is 23.8 Å². The summed E-state index contributed by atoms with van der Waals surface area (Å²) in [7, 11) is 4.69. The van der Waals surface area contributed by atoms with Gasteiger partial charge < -0.3 is 18.9 Å². The van der Waals surface area contributed by atoms with Crippen LogP contribution in [0.15, 0.2) is 66.7 Å². The number of β-lactam (4-membered cyclic amide) rings is 1. The second-order valence-electron chi connectivity index (χ2n) is 6.96. The first-order valence-corrected chi connectivity index (χ1v) is 9.67. The maximum atomic E-state index is 13.4. The predicted octanol–water partition coefficient (Wildman–Crippen LogP) is 4.39. The number of nitrogens with zero attached hydrogens (tertiary/aromatic N) is 1. The molecule has 4 rings (SSSR count). The van der Waals surface area contributed by atoms with Crippen LogP contribution in [-0.2, 0) is 4.79 Å². The fourth-order valence-electron chi connectivity index (χ4n) is 3.63. The number of benzene rings is 3. The van der Waals surface area contributed by atoms with Gasteiger partial charge in [-0.1, -0.05) is 6.07 Å². The van der Waals surface area contributed by atoms with E-state index in [1.807, 2.05) is 12.1 Å². The Labute approximate surface area is 179 Å². The number of halogens is 1. The lowest BCUT2D eigenvalue weighted by Crippen LogP contribution is -2.61. The normalized spacial score (nSPS) is 17.7. The summed E-state index contributed by atoms with van der Waals surface area (Å²) in [5.74, 6) is 1.77. The van der Waals surface area contributed by atoms with Crippen LogP contribution in [0.1, 0.15) is 11.6 Å². The molecule has 7 heteroatoms. The van der Waals surface area contributed by atoms with E-state index in [0.717, 1.165) is 5.56 Å². The summed E-state index contributed by atoms with van der Waals surface area (Å²) in [5.41, 5.74) is 1.39. The smallest absolute Gasteiger partial charge is 0.271 e. The number of rotatable bonds is 7. The van der Waals surface area contributed by atoms with E-state index in [1.54, 1.807) is 68.7 Å². The molecular weight excluding hydrogens is 401 g/mol. The number of hydrogen-bond acceptors (Lipinski definition) is 5. The van der Waals surface area contributed by atoms with Gasteiger partial charge in [0.15, 0.2) is 11.5 Å². The van der Waals surface area contributed by atoms with Crippen LogP contribution in [0.4, 0.5) is 10.1 Å². The van der Waals surface area contributed by atoms with E-state index in [2.05, 4.69) is 0 Å². The molecule has 0 aliphatic carbocycles. The number of amides is 1. The first-order valence-electron chi connectivity index (χ1n) is 9.67. The molecule has 1 fully saturated rings. The largest absolute Gasteiger partial charge is 0.497 e. The van der Waals surface area contributed by atoms with Crippen molar-refractivity contribution in [1.29, 1.82) is 0 Å². The second-order valence-corrected chi connectivity index (χ2v) is 6.96. The van der Waals surface area contributed by atoms with Gasteiger partial charge in [0.2, 0.25) is 6.10 Å². The minimum Gasteiger partial charge on any atom is -0.497 e. The summed E-state index contributed by atoms with van der Waals surface area (Å²) in [5, 5.41) is 0. The zero-order chi connectivity index (χ0) is 22.0. The Hall–Kier alpha value is -3.74. The molecule has 0 N–H and O–H groups in total. The van der Waals surface area contributed by atoms with Gasteiger partial charge >= 0.3 is 0 Å². The molecule has 1 heterocycles.